The molecule has 1 unspecified atom stereocenters. The first-order valence-corrected chi connectivity index (χ1v) is 5.62. The van der Waals surface area contributed by atoms with Gasteiger partial charge in [0.05, 0.1) is 12.6 Å². The number of carbonyl (C=O) groups is 1. The predicted octanol–water partition coefficient (Wildman–Crippen LogP) is 0.542. The minimum Gasteiger partial charge on any atom is -0.337 e. The second-order valence-corrected chi connectivity index (χ2v) is 4.44. The molecule has 1 aliphatic rings. The zero-order valence-electron chi connectivity index (χ0n) is 8.06. The Morgan fingerprint density at radius 2 is 2.64 bits per heavy atom. The first-order valence-electron chi connectivity index (χ1n) is 4.63. The minimum atomic E-state index is 0.0247. The van der Waals surface area contributed by atoms with Crippen molar-refractivity contribution in [3.05, 3.63) is 18.2 Å². The number of hydrogen-bond acceptors (Lipinski definition) is 4. The monoisotopic (exact) mass is 211 g/mol. The molecule has 0 aliphatic carbocycles. The van der Waals surface area contributed by atoms with Crippen LogP contribution in [0.4, 0.5) is 0 Å². The van der Waals surface area contributed by atoms with E-state index < -0.39 is 0 Å². The Balaban J connectivity index is 1.88. The number of imidazole rings is 1. The van der Waals surface area contributed by atoms with Crippen LogP contribution in [0.3, 0.4) is 0 Å². The molecule has 0 amide bonds. The molecule has 2 rings (SSSR count). The summed E-state index contributed by atoms with van der Waals surface area (Å²) >= 11 is 1.42. The maximum Gasteiger partial charge on any atom is 0.205 e. The van der Waals surface area contributed by atoms with Crippen molar-refractivity contribution in [1.82, 2.24) is 14.9 Å². The lowest BCUT2D eigenvalue weighted by Gasteiger charge is -2.09. The van der Waals surface area contributed by atoms with Gasteiger partial charge in [-0.1, -0.05) is 11.8 Å². The van der Waals surface area contributed by atoms with Crippen molar-refractivity contribution < 1.29 is 4.79 Å². The van der Waals surface area contributed by atoms with Crippen LogP contribution in [0.5, 0.6) is 0 Å². The molecule has 1 atom stereocenters. The molecule has 1 aromatic rings. The number of hydrogen-bond donors (Lipinski definition) is 1. The quantitative estimate of drug-likeness (QED) is 0.793. The second-order valence-electron chi connectivity index (χ2n) is 3.34. The van der Waals surface area contributed by atoms with E-state index in [-0.39, 0.29) is 11.2 Å². The van der Waals surface area contributed by atoms with Gasteiger partial charge in [-0.05, 0) is 6.42 Å². The third-order valence-corrected chi connectivity index (χ3v) is 3.37. The van der Waals surface area contributed by atoms with Gasteiger partial charge in [0.2, 0.25) is 5.12 Å². The number of nitrogens with zero attached hydrogens (tertiary/aromatic N) is 2. The highest BCUT2D eigenvalue weighted by Gasteiger charge is 2.24. The Morgan fingerprint density at radius 3 is 3.21 bits per heavy atom. The van der Waals surface area contributed by atoms with E-state index in [0.29, 0.717) is 6.54 Å². The average molecular weight is 211 g/mol. The number of rotatable bonds is 3. The molecule has 76 valence electrons. The molecule has 1 saturated heterocycles. The van der Waals surface area contributed by atoms with Crippen LogP contribution in [0.1, 0.15) is 12.2 Å². The van der Waals surface area contributed by atoms with Crippen LogP contribution >= 0.6 is 11.8 Å². The van der Waals surface area contributed by atoms with Gasteiger partial charge in [-0.25, -0.2) is 4.98 Å². The topological polar surface area (TPSA) is 46.9 Å². The summed E-state index contributed by atoms with van der Waals surface area (Å²) in [5.41, 5.74) is 0. The normalized spacial score (nSPS) is 21.8. The van der Waals surface area contributed by atoms with E-state index in [2.05, 4.69) is 10.3 Å². The highest BCUT2D eigenvalue weighted by atomic mass is 32.2. The molecule has 5 heteroatoms. The standard InChI is InChI=1S/C9H13N3OS/c1-12-4-3-10-8(12)6-11-7-2-5-14-9(7)13/h3-4,7,11H,2,5-6H2,1H3. The SMILES string of the molecule is Cn1ccnc1CNC1CCSC1=O. The molecular formula is C9H13N3OS. The Bertz CT molecular complexity index is 337. The summed E-state index contributed by atoms with van der Waals surface area (Å²) in [6.45, 7) is 0.667. The van der Waals surface area contributed by atoms with Crippen LogP contribution in [0.15, 0.2) is 12.4 Å². The fraction of sp³-hybridized carbons (Fsp3) is 0.556. The van der Waals surface area contributed by atoms with E-state index in [1.165, 1.54) is 11.8 Å². The number of aromatic nitrogens is 2. The van der Waals surface area contributed by atoms with Gasteiger partial charge in [0.15, 0.2) is 0 Å². The molecule has 2 heterocycles. The van der Waals surface area contributed by atoms with Crippen molar-refractivity contribution in [3.63, 3.8) is 0 Å². The van der Waals surface area contributed by atoms with E-state index >= 15 is 0 Å². The maximum atomic E-state index is 11.3. The van der Waals surface area contributed by atoms with Crippen LogP contribution in [0.2, 0.25) is 0 Å². The molecule has 0 bridgehead atoms. The first kappa shape index (κ1) is 9.73. The van der Waals surface area contributed by atoms with Crippen molar-refractivity contribution in [2.45, 2.75) is 19.0 Å². The van der Waals surface area contributed by atoms with Crippen molar-refractivity contribution in [1.29, 1.82) is 0 Å². The summed E-state index contributed by atoms with van der Waals surface area (Å²) in [6.07, 6.45) is 4.61. The summed E-state index contributed by atoms with van der Waals surface area (Å²) in [5, 5.41) is 3.48. The fourth-order valence-electron chi connectivity index (χ4n) is 1.46. The summed E-state index contributed by atoms with van der Waals surface area (Å²) in [6, 6.07) is 0.0247. The van der Waals surface area contributed by atoms with Crippen LogP contribution < -0.4 is 5.32 Å². The maximum absolute atomic E-state index is 11.3. The van der Waals surface area contributed by atoms with Crippen LogP contribution in [0, 0.1) is 0 Å². The molecule has 4 nitrogen and oxygen atoms in total. The Hall–Kier alpha value is -0.810. The predicted molar refractivity (Wildman–Crippen MR) is 55.9 cm³/mol. The summed E-state index contributed by atoms with van der Waals surface area (Å²) in [5.74, 6) is 1.91. The average Bonchev–Trinajstić information content (AvgIpc) is 2.72. The highest BCUT2D eigenvalue weighted by Crippen LogP contribution is 2.19. The molecule has 0 radical (unpaired) electrons. The zero-order chi connectivity index (χ0) is 9.97. The van der Waals surface area contributed by atoms with Crippen molar-refractivity contribution in [2.75, 3.05) is 5.75 Å². The number of aryl methyl sites for hydroxylation is 1. The van der Waals surface area contributed by atoms with E-state index in [9.17, 15) is 4.79 Å². The number of carbonyl (C=O) groups excluding carboxylic acids is 1. The fourth-order valence-corrected chi connectivity index (χ4v) is 2.42. The van der Waals surface area contributed by atoms with E-state index in [4.69, 9.17) is 0 Å². The van der Waals surface area contributed by atoms with Gasteiger partial charge >= 0.3 is 0 Å². The summed E-state index contributed by atoms with van der Waals surface area (Å²) in [4.78, 5) is 15.5. The molecule has 1 N–H and O–H groups in total. The van der Waals surface area contributed by atoms with Gasteiger partial charge in [-0.15, -0.1) is 0 Å². The van der Waals surface area contributed by atoms with Crippen molar-refractivity contribution in [2.24, 2.45) is 7.05 Å². The summed E-state index contributed by atoms with van der Waals surface area (Å²) < 4.78 is 1.96. The van der Waals surface area contributed by atoms with Gasteiger partial charge < -0.3 is 4.57 Å². The lowest BCUT2D eigenvalue weighted by molar-refractivity contribution is -0.112. The van der Waals surface area contributed by atoms with Gasteiger partial charge in [0.25, 0.3) is 0 Å². The molecule has 1 aromatic heterocycles. The Kier molecular flexibility index (Phi) is 2.88. The minimum absolute atomic E-state index is 0.0247. The van der Waals surface area contributed by atoms with Gasteiger partial charge in [-0.3, -0.25) is 10.1 Å². The third-order valence-electron chi connectivity index (χ3n) is 2.36. The molecule has 14 heavy (non-hydrogen) atoms. The van der Waals surface area contributed by atoms with E-state index in [0.717, 1.165) is 18.0 Å². The smallest absolute Gasteiger partial charge is 0.205 e. The van der Waals surface area contributed by atoms with Crippen LogP contribution in [-0.4, -0.2) is 26.5 Å². The largest absolute Gasteiger partial charge is 0.337 e. The lowest BCUT2D eigenvalue weighted by atomic mass is 10.2. The molecule has 0 aromatic carbocycles. The van der Waals surface area contributed by atoms with Crippen LogP contribution in [0.25, 0.3) is 0 Å². The van der Waals surface area contributed by atoms with Gasteiger partial charge in [-0.2, -0.15) is 0 Å². The lowest BCUT2D eigenvalue weighted by Crippen LogP contribution is -2.32. The van der Waals surface area contributed by atoms with Gasteiger partial charge in [0, 0.05) is 25.2 Å². The first-order chi connectivity index (χ1) is 6.77. The highest BCUT2D eigenvalue weighted by molar-refractivity contribution is 8.14. The Morgan fingerprint density at radius 1 is 1.79 bits per heavy atom. The van der Waals surface area contributed by atoms with Gasteiger partial charge in [0.1, 0.15) is 5.82 Å². The second kappa shape index (κ2) is 4.14. The molecule has 1 fully saturated rings. The Labute approximate surface area is 87.1 Å². The number of thioether (sulfide) groups is 1. The third kappa shape index (κ3) is 1.99. The summed E-state index contributed by atoms with van der Waals surface area (Å²) in [7, 11) is 1.95. The van der Waals surface area contributed by atoms with Crippen molar-refractivity contribution >= 4 is 16.9 Å². The molecular weight excluding hydrogens is 198 g/mol. The van der Waals surface area contributed by atoms with E-state index in [1.807, 2.05) is 17.8 Å². The number of nitrogens with one attached hydrogen (secondary N) is 1. The molecule has 0 spiro atoms. The van der Waals surface area contributed by atoms with Crippen molar-refractivity contribution in [3.8, 4) is 0 Å². The molecule has 1 aliphatic heterocycles. The van der Waals surface area contributed by atoms with E-state index in [1.54, 1.807) is 6.20 Å². The molecule has 0 saturated carbocycles. The van der Waals surface area contributed by atoms with Crippen LogP contribution in [-0.2, 0) is 18.4 Å². The zero-order valence-corrected chi connectivity index (χ0v) is 8.88.